The number of phenols is 1. The van der Waals surface area contributed by atoms with Crippen LogP contribution in [0.4, 0.5) is 24.1 Å². The first-order chi connectivity index (χ1) is 19.6. The lowest BCUT2D eigenvalue weighted by Gasteiger charge is -2.33. The summed E-state index contributed by atoms with van der Waals surface area (Å²) >= 11 is 0. The fourth-order valence-corrected chi connectivity index (χ4v) is 5.27. The highest BCUT2D eigenvalue weighted by atomic mass is 19.3. The van der Waals surface area contributed by atoms with Crippen LogP contribution in [0.1, 0.15) is 49.8 Å². The molecule has 4 amide bonds. The van der Waals surface area contributed by atoms with Crippen molar-refractivity contribution < 1.29 is 37.7 Å². The second kappa shape index (κ2) is 13.2. The molecule has 1 aliphatic heterocycles. The van der Waals surface area contributed by atoms with Crippen molar-refractivity contribution in [1.82, 2.24) is 15.5 Å². The number of aromatic hydroxyl groups is 1. The van der Waals surface area contributed by atoms with E-state index in [9.17, 15) is 28.3 Å². The number of halogens is 2. The van der Waals surface area contributed by atoms with E-state index < -0.39 is 48.8 Å². The highest BCUT2D eigenvalue weighted by Crippen LogP contribution is 2.38. The summed E-state index contributed by atoms with van der Waals surface area (Å²) in [5.74, 6) is -4.31. The zero-order valence-corrected chi connectivity index (χ0v) is 23.1. The minimum atomic E-state index is -2.83. The molecule has 1 saturated heterocycles. The van der Waals surface area contributed by atoms with Gasteiger partial charge in [-0.15, -0.1) is 0 Å². The summed E-state index contributed by atoms with van der Waals surface area (Å²) in [6, 6.07) is 11.5. The summed E-state index contributed by atoms with van der Waals surface area (Å²) in [6.07, 6.45) is -1.63. The van der Waals surface area contributed by atoms with Gasteiger partial charge in [0.1, 0.15) is 18.4 Å². The quantitative estimate of drug-likeness (QED) is 0.308. The Morgan fingerprint density at radius 2 is 1.88 bits per heavy atom. The van der Waals surface area contributed by atoms with Gasteiger partial charge in [-0.1, -0.05) is 36.4 Å². The molecule has 222 valence electrons. The Hall–Kier alpha value is -3.93. The number of phenolic OH excluding ortho intramolecular Hbond substituents is 1. The van der Waals surface area contributed by atoms with Gasteiger partial charge in [0.15, 0.2) is 0 Å². The summed E-state index contributed by atoms with van der Waals surface area (Å²) in [6.45, 7) is 2.46. The number of amides is 4. The maximum atomic E-state index is 13.9. The van der Waals surface area contributed by atoms with Crippen LogP contribution < -0.4 is 16.0 Å². The fraction of sp³-hybridized carbons (Fsp3) is 0.483. The van der Waals surface area contributed by atoms with Crippen molar-refractivity contribution in [3.8, 4) is 5.75 Å². The number of alkyl halides is 2. The molecule has 3 atom stereocenters. The summed E-state index contributed by atoms with van der Waals surface area (Å²) in [5, 5.41) is 18.6. The largest absolute Gasteiger partial charge is 0.506 e. The van der Waals surface area contributed by atoms with Crippen LogP contribution in [0.25, 0.3) is 0 Å². The van der Waals surface area contributed by atoms with Gasteiger partial charge in [0.2, 0.25) is 11.8 Å². The van der Waals surface area contributed by atoms with Gasteiger partial charge in [-0.25, -0.2) is 18.4 Å². The molecule has 10 nitrogen and oxygen atoms in total. The van der Waals surface area contributed by atoms with Gasteiger partial charge in [0.05, 0.1) is 18.3 Å². The number of hydrogen-bond donors (Lipinski definition) is 4. The van der Waals surface area contributed by atoms with Crippen LogP contribution in [-0.2, 0) is 20.9 Å². The Balaban J connectivity index is 1.52. The highest BCUT2D eigenvalue weighted by Gasteiger charge is 2.41. The first-order valence-electron chi connectivity index (χ1n) is 13.6. The van der Waals surface area contributed by atoms with E-state index in [4.69, 9.17) is 9.47 Å². The highest BCUT2D eigenvalue weighted by molar-refractivity contribution is 5.98. The van der Waals surface area contributed by atoms with Crippen LogP contribution in [0.3, 0.4) is 0 Å². The monoisotopic (exact) mass is 574 g/mol. The molecule has 0 aromatic heterocycles. The van der Waals surface area contributed by atoms with Gasteiger partial charge in [0.25, 0.3) is 0 Å². The molecule has 0 bridgehead atoms. The molecule has 4 N–H and O–H groups in total. The second-order valence-electron chi connectivity index (χ2n) is 10.6. The molecule has 1 unspecified atom stereocenters. The van der Waals surface area contributed by atoms with E-state index >= 15 is 0 Å². The van der Waals surface area contributed by atoms with E-state index in [0.29, 0.717) is 12.1 Å². The third-order valence-electron chi connectivity index (χ3n) is 7.47. The molecule has 1 saturated carbocycles. The predicted molar refractivity (Wildman–Crippen MR) is 147 cm³/mol. The number of benzene rings is 2. The number of carbonyl (C=O) groups excluding carboxylic acids is 3. The number of urea groups is 1. The van der Waals surface area contributed by atoms with Crippen molar-refractivity contribution in [2.24, 2.45) is 5.92 Å². The number of carbonyl (C=O) groups is 3. The number of nitrogens with one attached hydrogen (secondary N) is 3. The summed E-state index contributed by atoms with van der Waals surface area (Å²) in [7, 11) is 1.51. The Labute approximate surface area is 237 Å². The molecular formula is C29H36F2N4O6. The van der Waals surface area contributed by atoms with Crippen molar-refractivity contribution in [2.75, 3.05) is 25.6 Å². The van der Waals surface area contributed by atoms with Crippen LogP contribution in [0.5, 0.6) is 5.75 Å². The zero-order chi connectivity index (χ0) is 29.6. The number of methoxy groups -OCH3 is 1. The summed E-state index contributed by atoms with van der Waals surface area (Å²) in [4.78, 5) is 40.3. The average Bonchev–Trinajstić information content (AvgIpc) is 3.28. The smallest absolute Gasteiger partial charge is 0.408 e. The molecule has 4 rings (SSSR count). The Kier molecular flexibility index (Phi) is 9.64. The Bertz CT molecular complexity index is 1220. The lowest BCUT2D eigenvalue weighted by Crippen LogP contribution is -2.50. The van der Waals surface area contributed by atoms with E-state index in [2.05, 4.69) is 16.0 Å². The molecule has 0 spiro atoms. The first kappa shape index (κ1) is 30.0. The predicted octanol–water partition coefficient (Wildman–Crippen LogP) is 4.55. The Morgan fingerprint density at radius 1 is 1.17 bits per heavy atom. The van der Waals surface area contributed by atoms with Gasteiger partial charge in [-0.2, -0.15) is 0 Å². The van der Waals surface area contributed by atoms with Gasteiger partial charge < -0.3 is 35.4 Å². The Morgan fingerprint density at radius 3 is 2.51 bits per heavy atom. The lowest BCUT2D eigenvalue weighted by atomic mass is 9.81. The number of rotatable bonds is 10. The van der Waals surface area contributed by atoms with Crippen LogP contribution in [0, 0.1) is 5.92 Å². The third-order valence-corrected chi connectivity index (χ3v) is 7.47. The van der Waals surface area contributed by atoms with Gasteiger partial charge in [0, 0.05) is 32.5 Å². The third kappa shape index (κ3) is 7.84. The standard InChI is InChI=1S/C29H36F2N4O6/c1-18-15-35(27(38)32-18)23(17-40-2)21-8-9-24(36)22(14-21)33-26(37)25(20-10-12-29(30,31)13-11-20)34-28(39)41-16-19-6-4-3-5-7-19/h3-9,14,18,20,23,25,36H,10-13,15-17H2,1-2H3,(H,32,38)(H,33,37)(H,34,39)/t18-,23?,25+/m1/s1. The van der Waals surface area contributed by atoms with Gasteiger partial charge >= 0.3 is 12.1 Å². The zero-order valence-electron chi connectivity index (χ0n) is 23.1. The molecule has 2 aliphatic rings. The van der Waals surface area contributed by atoms with Crippen molar-refractivity contribution >= 4 is 23.7 Å². The normalized spacial score (nSPS) is 20.1. The van der Waals surface area contributed by atoms with Crippen molar-refractivity contribution in [2.45, 2.75) is 63.3 Å². The van der Waals surface area contributed by atoms with E-state index in [1.807, 2.05) is 13.0 Å². The summed E-state index contributed by atoms with van der Waals surface area (Å²) in [5.41, 5.74) is 1.40. The molecule has 1 aliphatic carbocycles. The topological polar surface area (TPSA) is 129 Å². The molecule has 1 heterocycles. The van der Waals surface area contributed by atoms with Crippen molar-refractivity contribution in [1.29, 1.82) is 0 Å². The van der Waals surface area contributed by atoms with Gasteiger partial charge in [-0.05, 0) is 48.9 Å². The van der Waals surface area contributed by atoms with E-state index in [-0.39, 0.29) is 49.6 Å². The average molecular weight is 575 g/mol. The number of alkyl carbamates (subject to hydrolysis) is 1. The SMILES string of the molecule is COCC(c1ccc(O)c(NC(=O)[C@@H](NC(=O)OCc2ccccc2)C2CCC(F)(F)CC2)c1)N1C[C@@H](C)NC1=O. The second-order valence-corrected chi connectivity index (χ2v) is 10.6. The van der Waals surface area contributed by atoms with Crippen molar-refractivity contribution in [3.05, 3.63) is 59.7 Å². The van der Waals surface area contributed by atoms with E-state index in [1.54, 1.807) is 35.2 Å². The lowest BCUT2D eigenvalue weighted by molar-refractivity contribution is -0.121. The molecule has 2 aromatic carbocycles. The van der Waals surface area contributed by atoms with E-state index in [0.717, 1.165) is 5.56 Å². The fourth-order valence-electron chi connectivity index (χ4n) is 5.27. The molecule has 0 radical (unpaired) electrons. The number of anilines is 1. The van der Waals surface area contributed by atoms with Crippen LogP contribution >= 0.6 is 0 Å². The maximum absolute atomic E-state index is 13.9. The summed E-state index contributed by atoms with van der Waals surface area (Å²) < 4.78 is 38.4. The van der Waals surface area contributed by atoms with Crippen LogP contribution in [-0.4, -0.2) is 66.3 Å². The van der Waals surface area contributed by atoms with Crippen LogP contribution in [0.2, 0.25) is 0 Å². The number of ether oxygens (including phenoxy) is 2. The number of hydrogen-bond acceptors (Lipinski definition) is 6. The molecule has 2 aromatic rings. The van der Waals surface area contributed by atoms with Crippen molar-refractivity contribution in [3.63, 3.8) is 0 Å². The molecule has 2 fully saturated rings. The van der Waals surface area contributed by atoms with Gasteiger partial charge in [-0.3, -0.25) is 4.79 Å². The number of nitrogens with zero attached hydrogens (tertiary/aromatic N) is 1. The van der Waals surface area contributed by atoms with Crippen LogP contribution in [0.15, 0.2) is 48.5 Å². The molecular weight excluding hydrogens is 538 g/mol. The van der Waals surface area contributed by atoms with E-state index in [1.165, 1.54) is 19.2 Å². The minimum Gasteiger partial charge on any atom is -0.506 e. The maximum Gasteiger partial charge on any atom is 0.408 e. The first-order valence-corrected chi connectivity index (χ1v) is 13.6. The minimum absolute atomic E-state index is 0.0221. The molecule has 41 heavy (non-hydrogen) atoms. The molecule has 12 heteroatoms.